The molecule has 0 atom stereocenters. The van der Waals surface area contributed by atoms with Crippen LogP contribution in [-0.4, -0.2) is 0 Å². The summed E-state index contributed by atoms with van der Waals surface area (Å²) in [5.41, 5.74) is 0. The maximum Gasteiger partial charge on any atom is -0.0500 e. The van der Waals surface area contributed by atoms with Crippen molar-refractivity contribution in [2.45, 2.75) is 109 Å². The summed E-state index contributed by atoms with van der Waals surface area (Å²) in [4.78, 5) is 0. The number of unbranched alkanes of at least 4 members (excludes halogenated alkanes) is 2. The first kappa shape index (κ1) is 36.0. The number of rotatable bonds is 2. The summed E-state index contributed by atoms with van der Waals surface area (Å²) in [6, 6.07) is 0. The minimum absolute atomic E-state index is 0.833. The molecular weight excluding hydrogens is 204 g/mol. The van der Waals surface area contributed by atoms with Crippen LogP contribution < -0.4 is 0 Å². The average Bonchev–Trinajstić information content (AvgIpc) is 2.39. The van der Waals surface area contributed by atoms with Crippen molar-refractivity contribution in [3.05, 3.63) is 0 Å². The number of hydrogen-bond donors (Lipinski definition) is 0. The lowest BCUT2D eigenvalue weighted by atomic mass is 10.3. The highest BCUT2D eigenvalue weighted by atomic mass is 13.7. The zero-order valence-corrected chi connectivity index (χ0v) is 15.7. The normalized spacial score (nSPS) is 6.00. The monoisotopic (exact) mass is 250 g/mol. The predicted octanol–water partition coefficient (Wildman–Crippen LogP) is 7.96. The Balaban J connectivity index is -0.0000000228. The van der Waals surface area contributed by atoms with E-state index in [0.717, 1.165) is 5.92 Å². The van der Waals surface area contributed by atoms with Crippen molar-refractivity contribution < 1.29 is 0 Å². The maximum absolute atomic E-state index is 2.21. The molecule has 0 saturated heterocycles. The largest absolute Gasteiger partial charge is 0.0683 e. The Hall–Kier alpha value is 0. The van der Waals surface area contributed by atoms with Gasteiger partial charge in [0.25, 0.3) is 0 Å². The molecule has 0 aliphatic rings. The van der Waals surface area contributed by atoms with E-state index in [4.69, 9.17) is 0 Å². The van der Waals surface area contributed by atoms with Gasteiger partial charge in [-0.15, -0.1) is 0 Å². The van der Waals surface area contributed by atoms with Crippen molar-refractivity contribution in [2.24, 2.45) is 5.92 Å². The van der Waals surface area contributed by atoms with Gasteiger partial charge in [-0.1, -0.05) is 109 Å². The summed E-state index contributed by atoms with van der Waals surface area (Å²) in [5.74, 6) is 0.833. The van der Waals surface area contributed by atoms with E-state index in [9.17, 15) is 0 Å². The van der Waals surface area contributed by atoms with Gasteiger partial charge in [0.2, 0.25) is 0 Å². The first-order valence-corrected chi connectivity index (χ1v) is 8.15. The van der Waals surface area contributed by atoms with Gasteiger partial charge in [0.1, 0.15) is 0 Å². The van der Waals surface area contributed by atoms with Crippen molar-refractivity contribution >= 4 is 0 Å². The van der Waals surface area contributed by atoms with Gasteiger partial charge in [0.05, 0.1) is 0 Å². The average molecular weight is 251 g/mol. The third kappa shape index (κ3) is 784. The molecule has 0 heteroatoms. The third-order valence-electron chi connectivity index (χ3n) is 0.707. The molecule has 0 heterocycles. The fourth-order valence-electron chi connectivity index (χ4n) is 0.354. The Morgan fingerprint density at radius 3 is 0.647 bits per heavy atom. The standard InChI is InChI=1S/C5H12.C4H10.4C2H6/c1-3-5-4-2;1-4(2)3;4*1-2/h3-5H2,1-2H3;4H,1-3H3;4*1-2H3. The highest BCUT2D eigenvalue weighted by Crippen LogP contribution is 1.88. The summed E-state index contributed by atoms with van der Waals surface area (Å²) >= 11 is 0. The molecule has 0 bridgehead atoms. The van der Waals surface area contributed by atoms with Gasteiger partial charge < -0.3 is 0 Å². The zero-order valence-electron chi connectivity index (χ0n) is 15.7. The minimum Gasteiger partial charge on any atom is -0.0683 e. The summed E-state index contributed by atoms with van der Waals surface area (Å²) in [7, 11) is 0. The molecule has 0 aromatic carbocycles. The molecule has 0 spiro atoms. The lowest BCUT2D eigenvalue weighted by molar-refractivity contribution is 0.737. The van der Waals surface area contributed by atoms with Crippen LogP contribution >= 0.6 is 0 Å². The summed E-state index contributed by atoms with van der Waals surface area (Å²) < 4.78 is 0. The number of hydrogen-bond acceptors (Lipinski definition) is 0. The van der Waals surface area contributed by atoms with E-state index in [1.165, 1.54) is 19.3 Å². The second kappa shape index (κ2) is 100. The fourth-order valence-corrected chi connectivity index (χ4v) is 0.354. The lowest BCUT2D eigenvalue weighted by Crippen LogP contribution is -1.66. The van der Waals surface area contributed by atoms with Gasteiger partial charge in [0.15, 0.2) is 0 Å². The molecule has 0 radical (unpaired) electrons. The van der Waals surface area contributed by atoms with Crippen molar-refractivity contribution in [3.63, 3.8) is 0 Å². The Morgan fingerprint density at radius 2 is 0.647 bits per heavy atom. The molecule has 0 N–H and O–H groups in total. The Kier molecular flexibility index (Phi) is 212. The van der Waals surface area contributed by atoms with Crippen molar-refractivity contribution in [3.8, 4) is 0 Å². The Bertz CT molecular complexity index is 24.3. The molecule has 0 aliphatic heterocycles. The van der Waals surface area contributed by atoms with Gasteiger partial charge >= 0.3 is 0 Å². The minimum atomic E-state index is 0.833. The van der Waals surface area contributed by atoms with Crippen LogP contribution in [0, 0.1) is 5.92 Å². The summed E-state index contributed by atoms with van der Waals surface area (Å²) in [6.07, 6.45) is 4.08. The van der Waals surface area contributed by atoms with Crippen molar-refractivity contribution in [2.75, 3.05) is 0 Å². The van der Waals surface area contributed by atoms with Gasteiger partial charge in [-0.2, -0.15) is 0 Å². The molecule has 0 amide bonds. The molecule has 0 unspecified atom stereocenters. The second-order valence-corrected chi connectivity index (χ2v) is 3.09. The van der Waals surface area contributed by atoms with Gasteiger partial charge in [-0.25, -0.2) is 0 Å². The van der Waals surface area contributed by atoms with Crippen LogP contribution in [0.3, 0.4) is 0 Å². The second-order valence-electron chi connectivity index (χ2n) is 3.09. The van der Waals surface area contributed by atoms with Gasteiger partial charge in [-0.05, 0) is 5.92 Å². The molecule has 0 nitrogen and oxygen atoms in total. The van der Waals surface area contributed by atoms with Crippen molar-refractivity contribution in [1.82, 2.24) is 0 Å². The van der Waals surface area contributed by atoms with Crippen LogP contribution in [0.15, 0.2) is 0 Å². The lowest BCUT2D eigenvalue weighted by Gasteiger charge is -1.79. The zero-order chi connectivity index (χ0) is 15.7. The van der Waals surface area contributed by atoms with E-state index in [2.05, 4.69) is 34.6 Å². The smallest absolute Gasteiger partial charge is 0.0500 e. The van der Waals surface area contributed by atoms with E-state index in [1.54, 1.807) is 0 Å². The topological polar surface area (TPSA) is 0 Å². The quantitative estimate of drug-likeness (QED) is 0.466. The highest BCUT2D eigenvalue weighted by molar-refractivity contribution is 4.24. The predicted molar refractivity (Wildman–Crippen MR) is 91.1 cm³/mol. The molecule has 0 aromatic heterocycles. The van der Waals surface area contributed by atoms with E-state index >= 15 is 0 Å². The molecule has 114 valence electrons. The molecular formula is C17H46. The highest BCUT2D eigenvalue weighted by Gasteiger charge is 1.68. The molecule has 0 saturated carbocycles. The van der Waals surface area contributed by atoms with Gasteiger partial charge in [-0.3, -0.25) is 0 Å². The van der Waals surface area contributed by atoms with Crippen LogP contribution in [0.5, 0.6) is 0 Å². The van der Waals surface area contributed by atoms with Crippen LogP contribution in [0.1, 0.15) is 109 Å². The van der Waals surface area contributed by atoms with Crippen LogP contribution in [-0.2, 0) is 0 Å². The molecule has 0 fully saturated rings. The fraction of sp³-hybridized carbons (Fsp3) is 1.00. The summed E-state index contributed by atoms with van der Waals surface area (Å²) in [5, 5.41) is 0. The van der Waals surface area contributed by atoms with E-state index in [0.29, 0.717) is 0 Å². The molecule has 17 heavy (non-hydrogen) atoms. The Morgan fingerprint density at radius 1 is 0.529 bits per heavy atom. The SMILES string of the molecule is CC.CC.CC.CC.CC(C)C.CCCCC. The molecule has 0 rings (SSSR count). The first-order chi connectivity index (χ1) is 8.15. The maximum atomic E-state index is 2.21. The van der Waals surface area contributed by atoms with E-state index in [-0.39, 0.29) is 0 Å². The molecule has 0 aromatic rings. The summed E-state index contributed by atoms with van der Waals surface area (Å²) in [6.45, 7) is 26.9. The van der Waals surface area contributed by atoms with Crippen molar-refractivity contribution in [1.29, 1.82) is 0 Å². The first-order valence-electron chi connectivity index (χ1n) is 8.15. The van der Waals surface area contributed by atoms with Crippen LogP contribution in [0.25, 0.3) is 0 Å². The molecule has 0 aliphatic carbocycles. The van der Waals surface area contributed by atoms with E-state index in [1.807, 2.05) is 55.4 Å². The Labute approximate surface area is 116 Å². The van der Waals surface area contributed by atoms with Crippen LogP contribution in [0.4, 0.5) is 0 Å². The van der Waals surface area contributed by atoms with E-state index < -0.39 is 0 Å². The van der Waals surface area contributed by atoms with Crippen LogP contribution in [0.2, 0.25) is 0 Å². The van der Waals surface area contributed by atoms with Gasteiger partial charge in [0, 0.05) is 0 Å². The third-order valence-corrected chi connectivity index (χ3v) is 0.707.